The Kier molecular flexibility index (Phi) is 5.56. The summed E-state index contributed by atoms with van der Waals surface area (Å²) in [5.74, 6) is 0. The predicted molar refractivity (Wildman–Crippen MR) is 52.5 cm³/mol. The second-order valence-corrected chi connectivity index (χ2v) is 3.23. The van der Waals surface area contributed by atoms with Gasteiger partial charge in [0, 0.05) is 0 Å². The van der Waals surface area contributed by atoms with Gasteiger partial charge < -0.3 is 9.15 Å². The smallest absolute Gasteiger partial charge is 0.417 e. The fourth-order valence-corrected chi connectivity index (χ4v) is 1.33. The summed E-state index contributed by atoms with van der Waals surface area (Å²) in [6.07, 6.45) is 8.89. The van der Waals surface area contributed by atoms with Crippen LogP contribution in [0.4, 0.5) is 0 Å². The zero-order valence-corrected chi connectivity index (χ0v) is 8.20. The van der Waals surface area contributed by atoms with Crippen LogP contribution in [0.3, 0.4) is 0 Å². The molecule has 0 saturated carbocycles. The van der Waals surface area contributed by atoms with Crippen molar-refractivity contribution in [3.8, 4) is 0 Å². The Hall–Kier alpha value is -1.25. The molecule has 0 fully saturated rings. The predicted octanol–water partition coefficient (Wildman–Crippen LogP) is 2.47. The van der Waals surface area contributed by atoms with Crippen LogP contribution >= 0.6 is 0 Å². The van der Waals surface area contributed by atoms with Crippen molar-refractivity contribution in [2.75, 3.05) is 6.61 Å². The molecule has 3 heteroatoms. The number of hydrogen-bond donors (Lipinski definition) is 0. The molecular weight excluding hydrogens is 180 g/mol. The van der Waals surface area contributed by atoms with Crippen molar-refractivity contribution in [1.82, 2.24) is 0 Å². The molecule has 0 unspecified atom stereocenters. The van der Waals surface area contributed by atoms with Crippen LogP contribution in [0.5, 0.6) is 0 Å². The zero-order chi connectivity index (χ0) is 10.1. The Bertz CT molecular complexity index is 229. The minimum absolute atomic E-state index is 0.495. The van der Waals surface area contributed by atoms with Crippen LogP contribution in [0.15, 0.2) is 23.0 Å². The van der Waals surface area contributed by atoms with Gasteiger partial charge in [-0.05, 0) is 30.9 Å². The number of furan rings is 1. The van der Waals surface area contributed by atoms with Crippen molar-refractivity contribution in [3.63, 3.8) is 0 Å². The largest absolute Gasteiger partial charge is 0.472 e. The summed E-state index contributed by atoms with van der Waals surface area (Å²) < 4.78 is 9.43. The molecule has 0 spiro atoms. The topological polar surface area (TPSA) is 39.4 Å². The third kappa shape index (κ3) is 4.70. The molecule has 1 aromatic rings. The summed E-state index contributed by atoms with van der Waals surface area (Å²) in [6.45, 7) is 1.91. The summed E-state index contributed by atoms with van der Waals surface area (Å²) in [4.78, 5) is 9.69. The molecule has 77 valence electrons. The van der Waals surface area contributed by atoms with Crippen molar-refractivity contribution < 1.29 is 13.9 Å². The first-order valence-electron chi connectivity index (χ1n) is 4.93. The van der Waals surface area contributed by atoms with Gasteiger partial charge in [0.15, 0.2) is 0 Å². The van der Waals surface area contributed by atoms with Gasteiger partial charge in [0.25, 0.3) is 0 Å². The van der Waals surface area contributed by atoms with E-state index in [1.54, 1.807) is 12.5 Å². The van der Waals surface area contributed by atoms with Gasteiger partial charge in [-0.3, -0.25) is 0 Å². The second kappa shape index (κ2) is 7.18. The summed E-state index contributed by atoms with van der Waals surface area (Å²) in [7, 11) is 0. The number of ether oxygens (including phenoxy) is 1. The van der Waals surface area contributed by atoms with Crippen molar-refractivity contribution >= 4 is 6.47 Å². The lowest BCUT2D eigenvalue weighted by atomic mass is 10.1. The van der Waals surface area contributed by atoms with Gasteiger partial charge in [-0.15, -0.1) is 0 Å². The lowest BCUT2D eigenvalue weighted by Gasteiger charge is -1.98. The lowest BCUT2D eigenvalue weighted by molar-refractivity contribution is 0.269. The maximum Gasteiger partial charge on any atom is 0.417 e. The molecule has 0 amide bonds. The fourth-order valence-electron chi connectivity index (χ4n) is 1.33. The molecule has 0 aromatic carbocycles. The number of hydrogen-bond acceptors (Lipinski definition) is 3. The molecule has 1 rings (SSSR count). The molecule has 1 heterocycles. The van der Waals surface area contributed by atoms with Gasteiger partial charge in [0.1, 0.15) is 0 Å². The molecule has 0 N–H and O–H groups in total. The molecule has 3 nitrogen and oxygen atoms in total. The van der Waals surface area contributed by atoms with Crippen LogP contribution in [0.25, 0.3) is 0 Å². The van der Waals surface area contributed by atoms with E-state index in [4.69, 9.17) is 4.42 Å². The number of rotatable bonds is 8. The summed E-state index contributed by atoms with van der Waals surface area (Å²) in [5, 5.41) is 0. The second-order valence-electron chi connectivity index (χ2n) is 3.23. The Morgan fingerprint density at radius 2 is 2.14 bits per heavy atom. The molecule has 1 aromatic heterocycles. The average Bonchev–Trinajstić information content (AvgIpc) is 2.69. The number of aryl methyl sites for hydroxylation is 1. The monoisotopic (exact) mass is 195 g/mol. The van der Waals surface area contributed by atoms with Crippen molar-refractivity contribution in [2.24, 2.45) is 0 Å². The molecule has 0 saturated heterocycles. The maximum absolute atomic E-state index is 9.69. The van der Waals surface area contributed by atoms with E-state index in [0.717, 1.165) is 32.1 Å². The van der Waals surface area contributed by atoms with Crippen molar-refractivity contribution in [3.05, 3.63) is 24.2 Å². The van der Waals surface area contributed by atoms with E-state index in [-0.39, 0.29) is 0 Å². The van der Waals surface area contributed by atoms with Crippen LogP contribution in [0.1, 0.15) is 31.2 Å². The molecule has 14 heavy (non-hydrogen) atoms. The Morgan fingerprint density at radius 1 is 1.29 bits per heavy atom. The van der Waals surface area contributed by atoms with Crippen molar-refractivity contribution in [1.29, 1.82) is 0 Å². The van der Waals surface area contributed by atoms with Gasteiger partial charge >= 0.3 is 6.47 Å². The normalized spacial score (nSPS) is 10.0. The van der Waals surface area contributed by atoms with Gasteiger partial charge in [0.05, 0.1) is 19.1 Å². The van der Waals surface area contributed by atoms with Gasteiger partial charge in [-0.25, -0.2) is 4.79 Å². The average molecular weight is 195 g/mol. The third-order valence-electron chi connectivity index (χ3n) is 2.10. The molecule has 0 aliphatic carbocycles. The standard InChI is InChI=1S/C11H15O3/c12-10-14-7-4-2-1-3-5-11-6-8-13-9-11/h6,8-9H,1-5,7H2. The summed E-state index contributed by atoms with van der Waals surface area (Å²) in [6, 6.07) is 1.99. The highest BCUT2D eigenvalue weighted by atomic mass is 16.5. The maximum atomic E-state index is 9.69. The molecule has 0 atom stereocenters. The van der Waals surface area contributed by atoms with Gasteiger partial charge in [-0.1, -0.05) is 12.8 Å². The van der Waals surface area contributed by atoms with Crippen LogP contribution in [-0.2, 0) is 16.0 Å². The first-order valence-corrected chi connectivity index (χ1v) is 4.93. The van der Waals surface area contributed by atoms with Crippen LogP contribution in [-0.4, -0.2) is 13.1 Å². The molecule has 0 aliphatic heterocycles. The highest BCUT2D eigenvalue weighted by molar-refractivity contribution is 5.37. The minimum atomic E-state index is 0.495. The Labute approximate surface area is 84.1 Å². The highest BCUT2D eigenvalue weighted by Gasteiger charge is 1.94. The van der Waals surface area contributed by atoms with Crippen LogP contribution in [0.2, 0.25) is 0 Å². The van der Waals surface area contributed by atoms with Crippen molar-refractivity contribution in [2.45, 2.75) is 32.1 Å². The van der Waals surface area contributed by atoms with Gasteiger partial charge in [-0.2, -0.15) is 0 Å². The third-order valence-corrected chi connectivity index (χ3v) is 2.10. The van der Waals surface area contributed by atoms with E-state index in [1.165, 1.54) is 12.0 Å². The Balaban J connectivity index is 1.87. The van der Waals surface area contributed by atoms with Crippen LogP contribution < -0.4 is 0 Å². The summed E-state index contributed by atoms with van der Waals surface area (Å²) >= 11 is 0. The van der Waals surface area contributed by atoms with E-state index in [9.17, 15) is 4.79 Å². The van der Waals surface area contributed by atoms with Crippen LogP contribution in [0, 0.1) is 0 Å². The van der Waals surface area contributed by atoms with E-state index < -0.39 is 0 Å². The minimum Gasteiger partial charge on any atom is -0.472 e. The zero-order valence-electron chi connectivity index (χ0n) is 8.20. The quantitative estimate of drug-likeness (QED) is 0.598. The number of carbonyl (C=O) groups excluding carboxylic acids is 1. The molecule has 0 aliphatic rings. The molecule has 0 bridgehead atoms. The summed E-state index contributed by atoms with van der Waals surface area (Å²) in [5.41, 5.74) is 1.25. The van der Waals surface area contributed by atoms with E-state index in [2.05, 4.69) is 4.74 Å². The van der Waals surface area contributed by atoms with Gasteiger partial charge in [0.2, 0.25) is 0 Å². The lowest BCUT2D eigenvalue weighted by Crippen LogP contribution is -1.91. The highest BCUT2D eigenvalue weighted by Crippen LogP contribution is 2.08. The van der Waals surface area contributed by atoms with E-state index in [0.29, 0.717) is 6.61 Å². The molecular formula is C11H15O3. The first kappa shape index (κ1) is 10.8. The first-order chi connectivity index (χ1) is 6.93. The SMILES string of the molecule is O=[C]OCCCCCCc1ccoc1. The Morgan fingerprint density at radius 3 is 2.86 bits per heavy atom. The number of unbranched alkanes of at least 4 members (excludes halogenated alkanes) is 3. The molecule has 1 radical (unpaired) electrons. The fraction of sp³-hybridized carbons (Fsp3) is 0.545. The van der Waals surface area contributed by atoms with E-state index in [1.807, 2.05) is 6.07 Å². The van der Waals surface area contributed by atoms with E-state index >= 15 is 0 Å².